The van der Waals surface area contributed by atoms with E-state index in [0.29, 0.717) is 0 Å². The number of nitrogens with zero attached hydrogens (tertiary/aromatic N) is 2. The highest BCUT2D eigenvalue weighted by molar-refractivity contribution is 7.90. The van der Waals surface area contributed by atoms with Gasteiger partial charge in [0.25, 0.3) is 0 Å². The van der Waals surface area contributed by atoms with Crippen LogP contribution in [0.5, 0.6) is 0 Å². The zero-order valence-corrected chi connectivity index (χ0v) is 13.2. The highest BCUT2D eigenvalue weighted by Crippen LogP contribution is 2.31. The third kappa shape index (κ3) is 3.25. The van der Waals surface area contributed by atoms with Gasteiger partial charge in [0.1, 0.15) is 9.84 Å². The Morgan fingerprint density at radius 3 is 2.68 bits per heavy atom. The van der Waals surface area contributed by atoms with E-state index >= 15 is 0 Å². The van der Waals surface area contributed by atoms with Gasteiger partial charge in [-0.2, -0.15) is 0 Å². The summed E-state index contributed by atoms with van der Waals surface area (Å²) in [7, 11) is -1.09. The number of fused-ring (bicyclic) bond motifs is 1. The Bertz CT molecular complexity index is 692. The van der Waals surface area contributed by atoms with Crippen LogP contribution in [0, 0.1) is 6.92 Å². The fourth-order valence-electron chi connectivity index (χ4n) is 1.96. The van der Waals surface area contributed by atoms with E-state index in [4.69, 9.17) is 0 Å². The van der Waals surface area contributed by atoms with Crippen LogP contribution in [0.15, 0.2) is 18.2 Å². The molecule has 1 heterocycles. The molecule has 19 heavy (non-hydrogen) atoms. The van der Waals surface area contributed by atoms with Crippen LogP contribution < -0.4 is 4.90 Å². The minimum absolute atomic E-state index is 0.0872. The molecule has 0 amide bonds. The van der Waals surface area contributed by atoms with Crippen molar-refractivity contribution in [2.24, 2.45) is 0 Å². The number of anilines is 1. The number of thiazole rings is 1. The Labute approximate surface area is 118 Å². The number of aryl methyl sites for hydroxylation is 1. The average Bonchev–Trinajstić information content (AvgIpc) is 2.71. The molecular weight excluding hydrogens is 280 g/mol. The van der Waals surface area contributed by atoms with Crippen molar-refractivity contribution in [1.82, 2.24) is 4.98 Å². The number of benzene rings is 1. The van der Waals surface area contributed by atoms with Gasteiger partial charge in [-0.25, -0.2) is 13.4 Å². The number of aromatic nitrogens is 1. The van der Waals surface area contributed by atoms with Gasteiger partial charge in [-0.3, -0.25) is 0 Å². The zero-order chi connectivity index (χ0) is 14.2. The molecule has 1 unspecified atom stereocenters. The molecular formula is C13H18N2O2S2. The van der Waals surface area contributed by atoms with Gasteiger partial charge in [0.2, 0.25) is 0 Å². The van der Waals surface area contributed by atoms with Gasteiger partial charge in [0.15, 0.2) is 5.13 Å². The van der Waals surface area contributed by atoms with Gasteiger partial charge in [0, 0.05) is 19.3 Å². The lowest BCUT2D eigenvalue weighted by molar-refractivity contribution is 0.593. The molecule has 0 fully saturated rings. The molecule has 0 N–H and O–H groups in total. The van der Waals surface area contributed by atoms with E-state index in [1.54, 1.807) is 11.3 Å². The third-order valence-electron chi connectivity index (χ3n) is 3.11. The smallest absolute Gasteiger partial charge is 0.186 e. The van der Waals surface area contributed by atoms with E-state index in [2.05, 4.69) is 18.0 Å². The third-order valence-corrected chi connectivity index (χ3v) is 5.49. The topological polar surface area (TPSA) is 50.3 Å². The largest absolute Gasteiger partial charge is 0.347 e. The normalized spacial score (nSPS) is 13.7. The highest BCUT2D eigenvalue weighted by atomic mass is 32.2. The van der Waals surface area contributed by atoms with Crippen molar-refractivity contribution in [2.45, 2.75) is 19.9 Å². The van der Waals surface area contributed by atoms with Crippen LogP contribution in [0.1, 0.15) is 12.5 Å². The highest BCUT2D eigenvalue weighted by Gasteiger charge is 2.18. The van der Waals surface area contributed by atoms with E-state index in [0.717, 1.165) is 15.3 Å². The zero-order valence-electron chi connectivity index (χ0n) is 11.5. The van der Waals surface area contributed by atoms with E-state index in [1.165, 1.54) is 11.8 Å². The Kier molecular flexibility index (Phi) is 3.82. The standard InChI is InChI=1S/C13H18N2O2S2/c1-9-6-5-7-11-12(9)18-13(14-11)15(3)10(2)8-19(4,16)17/h5-7,10H,8H2,1-4H3. The summed E-state index contributed by atoms with van der Waals surface area (Å²) in [5, 5.41) is 0.862. The summed E-state index contributed by atoms with van der Waals surface area (Å²) in [6.45, 7) is 3.96. The Hall–Kier alpha value is -1.14. The predicted molar refractivity (Wildman–Crippen MR) is 81.9 cm³/mol. The number of hydrogen-bond donors (Lipinski definition) is 0. The summed E-state index contributed by atoms with van der Waals surface area (Å²) in [5.41, 5.74) is 2.17. The van der Waals surface area contributed by atoms with Gasteiger partial charge in [0.05, 0.1) is 16.0 Å². The predicted octanol–water partition coefficient (Wildman–Crippen LogP) is 2.47. The molecule has 1 aromatic carbocycles. The molecule has 0 saturated carbocycles. The molecule has 1 atom stereocenters. The number of sulfone groups is 1. The van der Waals surface area contributed by atoms with Crippen molar-refractivity contribution >= 4 is 36.5 Å². The molecule has 0 bridgehead atoms. The molecule has 0 saturated heterocycles. The monoisotopic (exact) mass is 298 g/mol. The lowest BCUT2D eigenvalue weighted by atomic mass is 10.2. The summed E-state index contributed by atoms with van der Waals surface area (Å²) >= 11 is 1.61. The van der Waals surface area contributed by atoms with Crippen LogP contribution in [0.3, 0.4) is 0 Å². The van der Waals surface area contributed by atoms with Crippen molar-refractivity contribution in [3.63, 3.8) is 0 Å². The summed E-state index contributed by atoms with van der Waals surface area (Å²) in [5.74, 6) is 0.137. The number of rotatable bonds is 4. The van der Waals surface area contributed by atoms with Crippen molar-refractivity contribution in [1.29, 1.82) is 0 Å². The summed E-state index contributed by atoms with van der Waals surface area (Å²) in [6, 6.07) is 5.94. The molecule has 0 radical (unpaired) electrons. The lowest BCUT2D eigenvalue weighted by Crippen LogP contribution is -2.34. The maximum Gasteiger partial charge on any atom is 0.186 e. The van der Waals surface area contributed by atoms with Crippen LogP contribution >= 0.6 is 11.3 Å². The van der Waals surface area contributed by atoms with E-state index in [-0.39, 0.29) is 11.8 Å². The quantitative estimate of drug-likeness (QED) is 0.870. The summed E-state index contributed by atoms with van der Waals surface area (Å²) in [6.07, 6.45) is 1.26. The van der Waals surface area contributed by atoms with Crippen molar-refractivity contribution in [2.75, 3.05) is 24.0 Å². The van der Waals surface area contributed by atoms with Crippen LogP contribution in [0.4, 0.5) is 5.13 Å². The van der Waals surface area contributed by atoms with Crippen LogP contribution in [0.2, 0.25) is 0 Å². The van der Waals surface area contributed by atoms with Gasteiger partial charge in [-0.15, -0.1) is 0 Å². The maximum absolute atomic E-state index is 11.4. The second-order valence-electron chi connectivity index (χ2n) is 4.97. The fourth-order valence-corrected chi connectivity index (χ4v) is 4.16. The second-order valence-corrected chi connectivity index (χ2v) is 8.13. The lowest BCUT2D eigenvalue weighted by Gasteiger charge is -2.23. The molecule has 1 aromatic heterocycles. The molecule has 0 aliphatic rings. The van der Waals surface area contributed by atoms with E-state index < -0.39 is 9.84 Å². The fraction of sp³-hybridized carbons (Fsp3) is 0.462. The van der Waals surface area contributed by atoms with Gasteiger partial charge in [-0.1, -0.05) is 23.5 Å². The minimum atomic E-state index is -2.98. The molecule has 6 heteroatoms. The Balaban J connectivity index is 2.31. The molecule has 2 rings (SSSR count). The Morgan fingerprint density at radius 1 is 1.42 bits per heavy atom. The SMILES string of the molecule is Cc1cccc2nc(N(C)C(C)CS(C)(=O)=O)sc12. The molecule has 2 aromatic rings. The average molecular weight is 298 g/mol. The van der Waals surface area contributed by atoms with E-state index in [9.17, 15) is 8.42 Å². The second kappa shape index (κ2) is 5.09. The van der Waals surface area contributed by atoms with Gasteiger partial charge < -0.3 is 4.90 Å². The van der Waals surface area contributed by atoms with Crippen LogP contribution in [-0.4, -0.2) is 38.5 Å². The van der Waals surface area contributed by atoms with Crippen LogP contribution in [0.25, 0.3) is 10.2 Å². The van der Waals surface area contributed by atoms with Crippen molar-refractivity contribution < 1.29 is 8.42 Å². The molecule has 0 aliphatic heterocycles. The molecule has 0 spiro atoms. The number of hydrogen-bond acceptors (Lipinski definition) is 5. The maximum atomic E-state index is 11.4. The van der Waals surface area contributed by atoms with Crippen molar-refractivity contribution in [3.8, 4) is 0 Å². The van der Waals surface area contributed by atoms with E-state index in [1.807, 2.05) is 31.0 Å². The summed E-state index contributed by atoms with van der Waals surface area (Å²) in [4.78, 5) is 6.51. The minimum Gasteiger partial charge on any atom is -0.347 e. The summed E-state index contributed by atoms with van der Waals surface area (Å²) < 4.78 is 23.9. The first-order chi connectivity index (χ1) is 8.78. The molecule has 104 valence electrons. The first kappa shape index (κ1) is 14.3. The van der Waals surface area contributed by atoms with Gasteiger partial charge >= 0.3 is 0 Å². The first-order valence-corrected chi connectivity index (χ1v) is 8.92. The van der Waals surface area contributed by atoms with Crippen molar-refractivity contribution in [3.05, 3.63) is 23.8 Å². The first-order valence-electron chi connectivity index (χ1n) is 6.04. The van der Waals surface area contributed by atoms with Crippen LogP contribution in [-0.2, 0) is 9.84 Å². The molecule has 4 nitrogen and oxygen atoms in total. The molecule has 0 aliphatic carbocycles. The Morgan fingerprint density at radius 2 is 2.11 bits per heavy atom. The van der Waals surface area contributed by atoms with Gasteiger partial charge in [-0.05, 0) is 25.5 Å².